The van der Waals surface area contributed by atoms with Gasteiger partial charge in [0.2, 0.25) is 5.91 Å². The molecule has 1 amide bonds. The van der Waals surface area contributed by atoms with Gasteiger partial charge < -0.3 is 9.88 Å². The number of aryl methyl sites for hydroxylation is 1. The highest BCUT2D eigenvalue weighted by Gasteiger charge is 2.28. The molecule has 0 saturated heterocycles. The van der Waals surface area contributed by atoms with Crippen LogP contribution in [0.3, 0.4) is 0 Å². The van der Waals surface area contributed by atoms with Crippen molar-refractivity contribution in [3.63, 3.8) is 0 Å². The third-order valence-corrected chi connectivity index (χ3v) is 2.72. The van der Waals surface area contributed by atoms with E-state index in [9.17, 15) is 18.0 Å². The lowest BCUT2D eigenvalue weighted by atomic mass is 10.1. The van der Waals surface area contributed by atoms with Crippen LogP contribution in [-0.2, 0) is 11.8 Å². The van der Waals surface area contributed by atoms with Gasteiger partial charge in [-0.1, -0.05) is 13.3 Å². The molecule has 0 spiro atoms. The summed E-state index contributed by atoms with van der Waals surface area (Å²) >= 11 is 0. The zero-order valence-electron chi connectivity index (χ0n) is 11.0. The highest BCUT2D eigenvalue weighted by Crippen LogP contribution is 2.22. The molecule has 1 atom stereocenters. The largest absolute Gasteiger partial charge is 0.389 e. The van der Waals surface area contributed by atoms with E-state index in [-0.39, 0.29) is 6.04 Å². The number of nitrogens with zero attached hydrogens (tertiary/aromatic N) is 2. The van der Waals surface area contributed by atoms with Gasteiger partial charge in [-0.15, -0.1) is 0 Å². The molecule has 7 heteroatoms. The molecule has 0 bridgehead atoms. The molecule has 0 aliphatic heterocycles. The Kier molecular flexibility index (Phi) is 5.38. The zero-order chi connectivity index (χ0) is 14.5. The van der Waals surface area contributed by atoms with E-state index in [2.05, 4.69) is 10.3 Å². The van der Waals surface area contributed by atoms with Gasteiger partial charge in [0.05, 0.1) is 12.5 Å². The minimum absolute atomic E-state index is 0.342. The minimum atomic E-state index is -4.30. The number of hydrogen-bond donors (Lipinski definition) is 1. The van der Waals surface area contributed by atoms with Gasteiger partial charge in [-0.3, -0.25) is 4.79 Å². The Morgan fingerprint density at radius 2 is 2.21 bits per heavy atom. The molecule has 0 radical (unpaired) electrons. The van der Waals surface area contributed by atoms with Crippen LogP contribution >= 0.6 is 0 Å². The molecule has 1 rings (SSSR count). The molecular formula is C12H18F3N3O. The molecule has 0 aromatic carbocycles. The van der Waals surface area contributed by atoms with Crippen LogP contribution in [0.2, 0.25) is 0 Å². The lowest BCUT2D eigenvalue weighted by molar-refractivity contribution is -0.144. The fourth-order valence-corrected chi connectivity index (χ4v) is 1.79. The number of rotatable bonds is 6. The lowest BCUT2D eigenvalue weighted by Crippen LogP contribution is -2.31. The maximum Gasteiger partial charge on any atom is 0.389 e. The molecule has 0 fully saturated rings. The monoisotopic (exact) mass is 277 g/mol. The van der Waals surface area contributed by atoms with Crippen LogP contribution in [0.5, 0.6) is 0 Å². The molecule has 1 aromatic heterocycles. The van der Waals surface area contributed by atoms with E-state index in [4.69, 9.17) is 0 Å². The summed E-state index contributed by atoms with van der Waals surface area (Å²) in [7, 11) is 1.78. The maximum absolute atomic E-state index is 12.0. The number of carbonyl (C=O) groups excluding carboxylic acids is 1. The normalized spacial score (nSPS) is 13.3. The van der Waals surface area contributed by atoms with Crippen molar-refractivity contribution in [1.82, 2.24) is 14.9 Å². The SMILES string of the molecule is CCC[C@H](NC(=O)CCC(F)(F)F)c1nccn1C. The Morgan fingerprint density at radius 1 is 1.53 bits per heavy atom. The zero-order valence-corrected chi connectivity index (χ0v) is 11.0. The van der Waals surface area contributed by atoms with Crippen molar-refractivity contribution >= 4 is 5.91 Å². The molecule has 0 unspecified atom stereocenters. The quantitative estimate of drug-likeness (QED) is 0.869. The molecule has 108 valence electrons. The Bertz CT molecular complexity index is 415. The van der Waals surface area contributed by atoms with Gasteiger partial charge in [-0.2, -0.15) is 13.2 Å². The highest BCUT2D eigenvalue weighted by molar-refractivity contribution is 5.76. The summed E-state index contributed by atoms with van der Waals surface area (Å²) in [5.74, 6) is 0.0565. The van der Waals surface area contributed by atoms with E-state index in [1.807, 2.05) is 6.92 Å². The first kappa shape index (κ1) is 15.5. The number of aromatic nitrogens is 2. The van der Waals surface area contributed by atoms with Crippen molar-refractivity contribution in [3.8, 4) is 0 Å². The molecule has 19 heavy (non-hydrogen) atoms. The van der Waals surface area contributed by atoms with E-state index in [0.29, 0.717) is 12.2 Å². The molecule has 1 aromatic rings. The highest BCUT2D eigenvalue weighted by atomic mass is 19.4. The molecule has 0 aliphatic rings. The lowest BCUT2D eigenvalue weighted by Gasteiger charge is -2.18. The van der Waals surface area contributed by atoms with Crippen molar-refractivity contribution in [2.24, 2.45) is 7.05 Å². The summed E-state index contributed by atoms with van der Waals surface area (Å²) in [6.45, 7) is 1.94. The van der Waals surface area contributed by atoms with Crippen molar-refractivity contribution < 1.29 is 18.0 Å². The number of amides is 1. The second-order valence-corrected chi connectivity index (χ2v) is 4.42. The van der Waals surface area contributed by atoms with Crippen LogP contribution in [0.25, 0.3) is 0 Å². The average molecular weight is 277 g/mol. The molecule has 1 heterocycles. The number of halogens is 3. The summed E-state index contributed by atoms with van der Waals surface area (Å²) in [6, 6.07) is -0.342. The second-order valence-electron chi connectivity index (χ2n) is 4.42. The molecular weight excluding hydrogens is 259 g/mol. The van der Waals surface area contributed by atoms with Crippen LogP contribution in [0.4, 0.5) is 13.2 Å². The molecule has 1 N–H and O–H groups in total. The van der Waals surface area contributed by atoms with Gasteiger partial charge >= 0.3 is 6.18 Å². The first-order chi connectivity index (χ1) is 8.83. The Balaban J connectivity index is 2.59. The van der Waals surface area contributed by atoms with Gasteiger partial charge in [-0.25, -0.2) is 4.98 Å². The second kappa shape index (κ2) is 6.58. The van der Waals surface area contributed by atoms with E-state index in [1.165, 1.54) is 0 Å². The number of hydrogen-bond acceptors (Lipinski definition) is 2. The standard InChI is InChI=1S/C12H18F3N3O/c1-3-4-9(11-16-7-8-18(11)2)17-10(19)5-6-12(13,14)15/h7-9H,3-6H2,1-2H3,(H,17,19)/t9-/m0/s1. The summed E-state index contributed by atoms with van der Waals surface area (Å²) in [5.41, 5.74) is 0. The van der Waals surface area contributed by atoms with E-state index >= 15 is 0 Å². The summed E-state index contributed by atoms with van der Waals surface area (Å²) in [4.78, 5) is 15.7. The number of alkyl halides is 3. The average Bonchev–Trinajstić information content (AvgIpc) is 2.71. The Hall–Kier alpha value is -1.53. The predicted molar refractivity (Wildman–Crippen MR) is 64.3 cm³/mol. The number of imidazole rings is 1. The summed E-state index contributed by atoms with van der Waals surface area (Å²) < 4.78 is 37.9. The van der Waals surface area contributed by atoms with Crippen LogP contribution in [0.1, 0.15) is 44.5 Å². The smallest absolute Gasteiger partial charge is 0.346 e. The van der Waals surface area contributed by atoms with Gasteiger partial charge in [0.25, 0.3) is 0 Å². The summed E-state index contributed by atoms with van der Waals surface area (Å²) in [6.07, 6.45) is -1.17. The molecule has 4 nitrogen and oxygen atoms in total. The maximum atomic E-state index is 12.0. The van der Waals surface area contributed by atoms with Crippen molar-refractivity contribution in [3.05, 3.63) is 18.2 Å². The van der Waals surface area contributed by atoms with E-state index in [1.54, 1.807) is 24.0 Å². The van der Waals surface area contributed by atoms with Crippen LogP contribution in [0, 0.1) is 0 Å². The number of nitrogens with one attached hydrogen (secondary N) is 1. The fraction of sp³-hybridized carbons (Fsp3) is 0.667. The van der Waals surface area contributed by atoms with Crippen molar-refractivity contribution in [1.29, 1.82) is 0 Å². The fourth-order valence-electron chi connectivity index (χ4n) is 1.79. The Labute approximate surface area is 110 Å². The molecule has 0 aliphatic carbocycles. The Morgan fingerprint density at radius 3 is 2.68 bits per heavy atom. The van der Waals surface area contributed by atoms with Crippen LogP contribution < -0.4 is 5.32 Å². The van der Waals surface area contributed by atoms with Crippen molar-refractivity contribution in [2.45, 2.75) is 44.8 Å². The first-order valence-corrected chi connectivity index (χ1v) is 6.17. The van der Waals surface area contributed by atoms with Gasteiger partial charge in [-0.05, 0) is 6.42 Å². The minimum Gasteiger partial charge on any atom is -0.346 e. The van der Waals surface area contributed by atoms with Crippen molar-refractivity contribution in [2.75, 3.05) is 0 Å². The topological polar surface area (TPSA) is 46.9 Å². The van der Waals surface area contributed by atoms with Crippen LogP contribution in [-0.4, -0.2) is 21.6 Å². The predicted octanol–water partition coefficient (Wildman–Crippen LogP) is 2.72. The summed E-state index contributed by atoms with van der Waals surface area (Å²) in [5, 5.41) is 2.61. The molecule has 0 saturated carbocycles. The van der Waals surface area contributed by atoms with Crippen LogP contribution in [0.15, 0.2) is 12.4 Å². The first-order valence-electron chi connectivity index (χ1n) is 6.17. The van der Waals surface area contributed by atoms with Gasteiger partial charge in [0.1, 0.15) is 5.82 Å². The third kappa shape index (κ3) is 5.32. The van der Waals surface area contributed by atoms with Gasteiger partial charge in [0, 0.05) is 25.9 Å². The van der Waals surface area contributed by atoms with Gasteiger partial charge in [0.15, 0.2) is 0 Å². The number of carbonyl (C=O) groups is 1. The third-order valence-electron chi connectivity index (χ3n) is 2.72. The van der Waals surface area contributed by atoms with E-state index < -0.39 is 24.9 Å². The van der Waals surface area contributed by atoms with E-state index in [0.717, 1.165) is 6.42 Å².